The van der Waals surface area contributed by atoms with Gasteiger partial charge in [-0.15, -0.1) is 0 Å². The molecule has 3 aromatic carbocycles. The van der Waals surface area contributed by atoms with Crippen LogP contribution in [0.4, 0.5) is 17.2 Å². The number of hydrogen-bond donors (Lipinski definition) is 3. The smallest absolute Gasteiger partial charge is 0.261 e. The van der Waals surface area contributed by atoms with Crippen molar-refractivity contribution in [2.45, 2.75) is 19.9 Å². The first-order valence-electron chi connectivity index (χ1n) is 12.9. The first kappa shape index (κ1) is 27.3. The van der Waals surface area contributed by atoms with E-state index < -0.39 is 6.04 Å². The third kappa shape index (κ3) is 5.19. The molecule has 0 bridgehead atoms. The van der Waals surface area contributed by atoms with Crippen molar-refractivity contribution in [2.24, 2.45) is 0 Å². The number of carbonyl (C=O) groups is 2. The molecule has 2 amide bonds. The Hall–Kier alpha value is -5.25. The van der Waals surface area contributed by atoms with Crippen LogP contribution in [0.5, 0.6) is 17.2 Å². The molecule has 41 heavy (non-hydrogen) atoms. The number of rotatable bonds is 8. The number of para-hydroxylation sites is 3. The summed E-state index contributed by atoms with van der Waals surface area (Å²) in [6.07, 6.45) is 1.49. The zero-order valence-corrected chi connectivity index (χ0v) is 23.4. The van der Waals surface area contributed by atoms with Crippen molar-refractivity contribution < 1.29 is 23.8 Å². The standard InChI is InChI=1S/C31H31N5O5/c1-18-13-15-20(16-14-18)34-30(37)22-17-32-36-27(21-9-8-12-25(40-4)28(21)41-5)26(19(2)33-29(22)36)31(38)35-23-10-6-7-11-24(23)39-3/h6-17,27,33H,1-5H3,(H,34,37)(H,35,38). The number of methoxy groups -OCH3 is 3. The van der Waals surface area contributed by atoms with E-state index in [-0.39, 0.29) is 11.8 Å². The third-order valence-electron chi connectivity index (χ3n) is 6.91. The Bertz CT molecular complexity index is 1640. The molecule has 0 saturated carbocycles. The second-order valence-corrected chi connectivity index (χ2v) is 9.47. The highest BCUT2D eigenvalue weighted by Gasteiger charge is 2.37. The SMILES string of the molecule is COc1ccccc1NC(=O)C1=C(C)Nc2c(C(=O)Nc3ccc(C)cc3)cnn2C1c1cccc(OC)c1OC. The molecule has 5 rings (SSSR count). The Kier molecular flexibility index (Phi) is 7.64. The van der Waals surface area contributed by atoms with E-state index in [0.717, 1.165) is 5.56 Å². The normalized spacial score (nSPS) is 14.0. The molecule has 1 aliphatic heterocycles. The maximum absolute atomic E-state index is 13.9. The Labute approximate surface area is 237 Å². The lowest BCUT2D eigenvalue weighted by Crippen LogP contribution is -2.32. The summed E-state index contributed by atoms with van der Waals surface area (Å²) in [5.74, 6) is 1.19. The predicted molar refractivity (Wildman–Crippen MR) is 157 cm³/mol. The fourth-order valence-corrected chi connectivity index (χ4v) is 4.90. The molecule has 1 aliphatic rings. The van der Waals surface area contributed by atoms with Crippen LogP contribution in [-0.2, 0) is 4.79 Å². The molecular formula is C31H31N5O5. The van der Waals surface area contributed by atoms with Gasteiger partial charge in [-0.05, 0) is 44.2 Å². The summed E-state index contributed by atoms with van der Waals surface area (Å²) in [4.78, 5) is 27.3. The van der Waals surface area contributed by atoms with E-state index in [4.69, 9.17) is 14.2 Å². The molecule has 10 nitrogen and oxygen atoms in total. The van der Waals surface area contributed by atoms with Crippen LogP contribution in [0.3, 0.4) is 0 Å². The number of anilines is 3. The van der Waals surface area contributed by atoms with Gasteiger partial charge in [0, 0.05) is 16.9 Å². The van der Waals surface area contributed by atoms with Gasteiger partial charge >= 0.3 is 0 Å². The number of fused-ring (bicyclic) bond motifs is 1. The van der Waals surface area contributed by atoms with Crippen LogP contribution < -0.4 is 30.2 Å². The lowest BCUT2D eigenvalue weighted by Gasteiger charge is -2.31. The van der Waals surface area contributed by atoms with Crippen LogP contribution in [-0.4, -0.2) is 42.9 Å². The van der Waals surface area contributed by atoms with Crippen LogP contribution in [0.15, 0.2) is 84.2 Å². The van der Waals surface area contributed by atoms with Gasteiger partial charge in [0.2, 0.25) is 0 Å². The highest BCUT2D eigenvalue weighted by molar-refractivity contribution is 6.10. The van der Waals surface area contributed by atoms with Gasteiger partial charge in [0.15, 0.2) is 11.5 Å². The Balaban J connectivity index is 1.61. The van der Waals surface area contributed by atoms with Gasteiger partial charge in [0.25, 0.3) is 11.8 Å². The highest BCUT2D eigenvalue weighted by atomic mass is 16.5. The van der Waals surface area contributed by atoms with Crippen molar-refractivity contribution in [3.8, 4) is 17.2 Å². The molecule has 0 aliphatic carbocycles. The van der Waals surface area contributed by atoms with Crippen LogP contribution in [0.1, 0.15) is 34.5 Å². The molecule has 4 aromatic rings. The molecule has 210 valence electrons. The van der Waals surface area contributed by atoms with Gasteiger partial charge < -0.3 is 30.2 Å². The molecule has 10 heteroatoms. The summed E-state index contributed by atoms with van der Waals surface area (Å²) in [5, 5.41) is 13.7. The average molecular weight is 554 g/mol. The number of aryl methyl sites for hydroxylation is 1. The van der Waals surface area contributed by atoms with Gasteiger partial charge in [0.05, 0.1) is 38.8 Å². The molecule has 0 spiro atoms. The van der Waals surface area contributed by atoms with E-state index in [0.29, 0.717) is 56.8 Å². The van der Waals surface area contributed by atoms with Gasteiger partial charge in [-0.2, -0.15) is 5.10 Å². The van der Waals surface area contributed by atoms with Crippen molar-refractivity contribution in [1.29, 1.82) is 0 Å². The number of nitrogens with one attached hydrogen (secondary N) is 3. The Morgan fingerprint density at radius 2 is 1.54 bits per heavy atom. The molecule has 2 heterocycles. The van der Waals surface area contributed by atoms with Crippen LogP contribution in [0.2, 0.25) is 0 Å². The number of allylic oxidation sites excluding steroid dienone is 1. The molecule has 1 aromatic heterocycles. The average Bonchev–Trinajstić information content (AvgIpc) is 3.40. The second kappa shape index (κ2) is 11.5. The summed E-state index contributed by atoms with van der Waals surface area (Å²) in [6, 6.07) is 19.4. The minimum Gasteiger partial charge on any atom is -0.495 e. The minimum absolute atomic E-state index is 0.320. The number of ether oxygens (including phenoxy) is 3. The van der Waals surface area contributed by atoms with Gasteiger partial charge in [-0.1, -0.05) is 42.0 Å². The zero-order valence-electron chi connectivity index (χ0n) is 23.4. The first-order valence-corrected chi connectivity index (χ1v) is 12.9. The lowest BCUT2D eigenvalue weighted by molar-refractivity contribution is -0.113. The van der Waals surface area contributed by atoms with E-state index in [2.05, 4.69) is 21.0 Å². The van der Waals surface area contributed by atoms with E-state index in [1.807, 2.05) is 55.5 Å². The maximum Gasteiger partial charge on any atom is 0.261 e. The van der Waals surface area contributed by atoms with Crippen molar-refractivity contribution >= 4 is 29.0 Å². The van der Waals surface area contributed by atoms with Crippen molar-refractivity contribution in [2.75, 3.05) is 37.3 Å². The van der Waals surface area contributed by atoms with Gasteiger partial charge in [-0.25, -0.2) is 4.68 Å². The summed E-state index contributed by atoms with van der Waals surface area (Å²) in [7, 11) is 4.63. The minimum atomic E-state index is -0.757. The first-order chi connectivity index (χ1) is 19.9. The van der Waals surface area contributed by atoms with E-state index in [9.17, 15) is 9.59 Å². The number of aromatic nitrogens is 2. The van der Waals surface area contributed by atoms with Crippen LogP contribution in [0, 0.1) is 6.92 Å². The zero-order chi connectivity index (χ0) is 29.1. The Morgan fingerprint density at radius 3 is 2.24 bits per heavy atom. The number of carbonyl (C=O) groups excluding carboxylic acids is 2. The fraction of sp³-hybridized carbons (Fsp3) is 0.194. The van der Waals surface area contributed by atoms with E-state index in [1.165, 1.54) is 13.3 Å². The summed E-state index contributed by atoms with van der Waals surface area (Å²) < 4.78 is 18.4. The van der Waals surface area contributed by atoms with Crippen molar-refractivity contribution in [3.63, 3.8) is 0 Å². The van der Waals surface area contributed by atoms with E-state index >= 15 is 0 Å². The molecule has 0 radical (unpaired) electrons. The van der Waals surface area contributed by atoms with E-state index in [1.54, 1.807) is 44.0 Å². The summed E-state index contributed by atoms with van der Waals surface area (Å²) in [6.45, 7) is 3.77. The van der Waals surface area contributed by atoms with Crippen molar-refractivity contribution in [1.82, 2.24) is 9.78 Å². The lowest BCUT2D eigenvalue weighted by atomic mass is 9.93. The quantitative estimate of drug-likeness (QED) is 0.268. The topological polar surface area (TPSA) is 116 Å². The molecule has 1 atom stereocenters. The number of hydrogen-bond acceptors (Lipinski definition) is 7. The Morgan fingerprint density at radius 1 is 0.829 bits per heavy atom. The fourth-order valence-electron chi connectivity index (χ4n) is 4.90. The number of benzene rings is 3. The number of amides is 2. The number of nitrogens with zero attached hydrogens (tertiary/aromatic N) is 2. The van der Waals surface area contributed by atoms with Crippen molar-refractivity contribution in [3.05, 3.63) is 101 Å². The molecule has 0 saturated heterocycles. The largest absolute Gasteiger partial charge is 0.495 e. The van der Waals surface area contributed by atoms with Gasteiger partial charge in [0.1, 0.15) is 23.2 Å². The molecule has 1 unspecified atom stereocenters. The summed E-state index contributed by atoms with van der Waals surface area (Å²) >= 11 is 0. The summed E-state index contributed by atoms with van der Waals surface area (Å²) in [5.41, 5.74) is 4.14. The molecular weight excluding hydrogens is 522 g/mol. The highest BCUT2D eigenvalue weighted by Crippen LogP contribution is 2.44. The van der Waals surface area contributed by atoms with Crippen LogP contribution >= 0.6 is 0 Å². The second-order valence-electron chi connectivity index (χ2n) is 9.47. The molecule has 0 fully saturated rings. The third-order valence-corrected chi connectivity index (χ3v) is 6.91. The molecule has 3 N–H and O–H groups in total. The maximum atomic E-state index is 13.9. The van der Waals surface area contributed by atoms with Crippen LogP contribution in [0.25, 0.3) is 0 Å². The predicted octanol–water partition coefficient (Wildman–Crippen LogP) is 5.40. The monoisotopic (exact) mass is 553 g/mol. The van der Waals surface area contributed by atoms with Gasteiger partial charge in [-0.3, -0.25) is 9.59 Å².